The molecule has 1 aliphatic rings. The van der Waals surface area contributed by atoms with Crippen molar-refractivity contribution in [2.24, 2.45) is 5.92 Å². The molecule has 1 aliphatic carbocycles. The van der Waals surface area contributed by atoms with Crippen LogP contribution in [0.4, 0.5) is 5.82 Å². The summed E-state index contributed by atoms with van der Waals surface area (Å²) in [6.07, 6.45) is 2.68. The first-order valence-corrected chi connectivity index (χ1v) is 7.47. The Morgan fingerprint density at radius 2 is 1.95 bits per heavy atom. The van der Waals surface area contributed by atoms with Crippen LogP contribution in [0.3, 0.4) is 0 Å². The van der Waals surface area contributed by atoms with E-state index in [1.54, 1.807) is 0 Å². The van der Waals surface area contributed by atoms with Crippen LogP contribution in [0.2, 0.25) is 5.15 Å². The Kier molecular flexibility index (Phi) is 4.05. The fourth-order valence-electron chi connectivity index (χ4n) is 2.04. The second-order valence-electron chi connectivity index (χ2n) is 6.81. The molecule has 0 aromatic carbocycles. The van der Waals surface area contributed by atoms with Crippen molar-refractivity contribution in [2.75, 3.05) is 11.4 Å². The maximum atomic E-state index is 6.18. The maximum Gasteiger partial charge on any atom is 0.137 e. The van der Waals surface area contributed by atoms with Gasteiger partial charge in [-0.25, -0.2) is 9.97 Å². The molecule has 106 valence electrons. The van der Waals surface area contributed by atoms with Crippen LogP contribution < -0.4 is 4.90 Å². The summed E-state index contributed by atoms with van der Waals surface area (Å²) in [4.78, 5) is 11.5. The molecule has 0 N–H and O–H groups in total. The Morgan fingerprint density at radius 1 is 1.32 bits per heavy atom. The quantitative estimate of drug-likeness (QED) is 0.780. The Bertz CT molecular complexity index is 447. The normalized spacial score (nSPS) is 15.9. The topological polar surface area (TPSA) is 29.0 Å². The minimum Gasteiger partial charge on any atom is -0.354 e. The summed E-state index contributed by atoms with van der Waals surface area (Å²) in [7, 11) is 0. The first-order valence-electron chi connectivity index (χ1n) is 7.09. The van der Waals surface area contributed by atoms with Crippen LogP contribution in [0.25, 0.3) is 0 Å². The summed E-state index contributed by atoms with van der Waals surface area (Å²) < 4.78 is 0. The fourth-order valence-corrected chi connectivity index (χ4v) is 2.21. The van der Waals surface area contributed by atoms with Crippen LogP contribution >= 0.6 is 11.6 Å². The third-order valence-electron chi connectivity index (χ3n) is 3.42. The van der Waals surface area contributed by atoms with E-state index in [9.17, 15) is 0 Å². The highest BCUT2D eigenvalue weighted by Gasteiger charge is 2.27. The lowest BCUT2D eigenvalue weighted by Gasteiger charge is -2.29. The maximum absolute atomic E-state index is 6.18. The van der Waals surface area contributed by atoms with E-state index >= 15 is 0 Å². The molecular formula is C15H24ClN3. The molecule has 0 aliphatic heterocycles. The molecule has 0 spiro atoms. The van der Waals surface area contributed by atoms with Crippen molar-refractivity contribution in [1.82, 2.24) is 9.97 Å². The predicted octanol–water partition coefficient (Wildman–Crippen LogP) is 4.05. The second-order valence-corrected chi connectivity index (χ2v) is 7.20. The highest BCUT2D eigenvalue weighted by atomic mass is 35.5. The van der Waals surface area contributed by atoms with Crippen LogP contribution in [0.5, 0.6) is 0 Å². The van der Waals surface area contributed by atoms with E-state index in [1.807, 2.05) is 6.07 Å². The van der Waals surface area contributed by atoms with E-state index in [2.05, 4.69) is 44.5 Å². The summed E-state index contributed by atoms with van der Waals surface area (Å²) in [6, 6.07) is 2.32. The monoisotopic (exact) mass is 281 g/mol. The van der Waals surface area contributed by atoms with Gasteiger partial charge in [0.15, 0.2) is 0 Å². The molecular weight excluding hydrogens is 258 g/mol. The van der Waals surface area contributed by atoms with Crippen molar-refractivity contribution in [2.45, 2.75) is 58.9 Å². The molecule has 3 nitrogen and oxygen atoms in total. The van der Waals surface area contributed by atoms with Crippen molar-refractivity contribution >= 4 is 17.4 Å². The molecule has 1 fully saturated rings. The summed E-state index contributed by atoms with van der Waals surface area (Å²) in [6.45, 7) is 11.8. The first kappa shape index (κ1) is 14.6. The largest absolute Gasteiger partial charge is 0.354 e. The highest BCUT2D eigenvalue weighted by Crippen LogP contribution is 2.33. The number of hydrogen-bond acceptors (Lipinski definition) is 3. The van der Waals surface area contributed by atoms with Crippen LogP contribution in [0.15, 0.2) is 6.07 Å². The molecule has 2 rings (SSSR count). The van der Waals surface area contributed by atoms with Gasteiger partial charge in [0, 0.05) is 24.1 Å². The number of nitrogens with zero attached hydrogens (tertiary/aromatic N) is 3. The van der Waals surface area contributed by atoms with Gasteiger partial charge in [0.2, 0.25) is 0 Å². The lowest BCUT2D eigenvalue weighted by Crippen LogP contribution is -2.34. The molecule has 1 aromatic rings. The van der Waals surface area contributed by atoms with Gasteiger partial charge in [-0.05, 0) is 32.6 Å². The number of hydrogen-bond donors (Lipinski definition) is 0. The van der Waals surface area contributed by atoms with Gasteiger partial charge in [-0.15, -0.1) is 0 Å². The lowest BCUT2D eigenvalue weighted by atomic mass is 9.96. The van der Waals surface area contributed by atoms with Gasteiger partial charge < -0.3 is 4.90 Å². The van der Waals surface area contributed by atoms with Gasteiger partial charge in [0.05, 0.1) is 0 Å². The Hall–Kier alpha value is -0.830. The summed E-state index contributed by atoms with van der Waals surface area (Å²) in [5.41, 5.74) is -0.0815. The van der Waals surface area contributed by atoms with E-state index in [1.165, 1.54) is 12.8 Å². The lowest BCUT2D eigenvalue weighted by molar-refractivity contribution is 0.540. The fraction of sp³-hybridized carbons (Fsp3) is 0.733. The predicted molar refractivity (Wildman–Crippen MR) is 80.9 cm³/mol. The van der Waals surface area contributed by atoms with Gasteiger partial charge in [0.25, 0.3) is 0 Å². The number of anilines is 1. The third kappa shape index (κ3) is 3.82. The summed E-state index contributed by atoms with van der Waals surface area (Å²) >= 11 is 6.18. The van der Waals surface area contributed by atoms with E-state index in [0.717, 1.165) is 24.1 Å². The van der Waals surface area contributed by atoms with Crippen molar-refractivity contribution in [3.8, 4) is 0 Å². The second kappa shape index (κ2) is 5.28. The molecule has 1 saturated carbocycles. The number of rotatable bonds is 4. The molecule has 1 aromatic heterocycles. The van der Waals surface area contributed by atoms with Crippen molar-refractivity contribution in [3.05, 3.63) is 17.0 Å². The Balaban J connectivity index is 2.32. The average molecular weight is 282 g/mol. The number of halogens is 1. The molecule has 4 heteroatoms. The van der Waals surface area contributed by atoms with E-state index in [4.69, 9.17) is 16.6 Å². The van der Waals surface area contributed by atoms with Crippen molar-refractivity contribution in [1.29, 1.82) is 0 Å². The van der Waals surface area contributed by atoms with Crippen LogP contribution in [0.1, 0.15) is 53.3 Å². The molecule has 0 saturated heterocycles. The van der Waals surface area contributed by atoms with E-state index in [0.29, 0.717) is 11.2 Å². The molecule has 0 amide bonds. The van der Waals surface area contributed by atoms with Crippen molar-refractivity contribution < 1.29 is 0 Å². The zero-order valence-corrected chi connectivity index (χ0v) is 13.3. The van der Waals surface area contributed by atoms with Crippen LogP contribution in [-0.2, 0) is 5.41 Å². The highest BCUT2D eigenvalue weighted by molar-refractivity contribution is 6.29. The Labute approximate surface area is 121 Å². The molecule has 0 unspecified atom stereocenters. The minimum atomic E-state index is -0.0815. The molecule has 0 radical (unpaired) electrons. The zero-order valence-electron chi connectivity index (χ0n) is 12.6. The number of aromatic nitrogens is 2. The molecule has 0 atom stereocenters. The van der Waals surface area contributed by atoms with E-state index < -0.39 is 0 Å². The zero-order chi connectivity index (χ0) is 14.2. The SMILES string of the molecule is CC(C)N(CC1CC1)c1cc(Cl)nc(C(C)(C)C)n1. The summed E-state index contributed by atoms with van der Waals surface area (Å²) in [5.74, 6) is 2.61. The van der Waals surface area contributed by atoms with Gasteiger partial charge in [-0.1, -0.05) is 32.4 Å². The van der Waals surface area contributed by atoms with Gasteiger partial charge in [-0.3, -0.25) is 0 Å². The summed E-state index contributed by atoms with van der Waals surface area (Å²) in [5, 5.41) is 0.538. The van der Waals surface area contributed by atoms with Gasteiger partial charge >= 0.3 is 0 Å². The van der Waals surface area contributed by atoms with Gasteiger partial charge in [-0.2, -0.15) is 0 Å². The standard InChI is InChI=1S/C15H24ClN3/c1-10(2)19(9-11-6-7-11)13-8-12(16)17-14(18-13)15(3,4)5/h8,10-11H,6-7,9H2,1-5H3. The Morgan fingerprint density at radius 3 is 2.42 bits per heavy atom. The van der Waals surface area contributed by atoms with Crippen molar-refractivity contribution in [3.63, 3.8) is 0 Å². The third-order valence-corrected chi connectivity index (χ3v) is 3.62. The van der Waals surface area contributed by atoms with E-state index in [-0.39, 0.29) is 5.41 Å². The minimum absolute atomic E-state index is 0.0815. The molecule has 1 heterocycles. The smallest absolute Gasteiger partial charge is 0.137 e. The van der Waals surface area contributed by atoms with Crippen LogP contribution in [0, 0.1) is 5.92 Å². The average Bonchev–Trinajstić information content (AvgIpc) is 3.07. The van der Waals surface area contributed by atoms with Gasteiger partial charge in [0.1, 0.15) is 16.8 Å². The van der Waals surface area contributed by atoms with Crippen LogP contribution in [-0.4, -0.2) is 22.6 Å². The molecule has 19 heavy (non-hydrogen) atoms. The first-order chi connectivity index (χ1) is 8.77. The molecule has 0 bridgehead atoms.